The third-order valence-corrected chi connectivity index (χ3v) is 3.70. The molecule has 0 aromatic heterocycles. The highest BCUT2D eigenvalue weighted by Crippen LogP contribution is 2.27. The van der Waals surface area contributed by atoms with Crippen LogP contribution in [-0.4, -0.2) is 13.1 Å². The minimum Gasteiger partial charge on any atom is -0.316 e. The summed E-state index contributed by atoms with van der Waals surface area (Å²) in [5.41, 5.74) is 4.67. The lowest BCUT2D eigenvalue weighted by Crippen LogP contribution is -2.26. The first-order valence-electron chi connectivity index (χ1n) is 7.57. The zero-order valence-electron chi connectivity index (χ0n) is 13.6. The highest BCUT2D eigenvalue weighted by atomic mass is 14.8. The van der Waals surface area contributed by atoms with Gasteiger partial charge in [-0.3, -0.25) is 0 Å². The molecule has 1 aromatic carbocycles. The van der Waals surface area contributed by atoms with Gasteiger partial charge in [0.1, 0.15) is 0 Å². The first-order valence-corrected chi connectivity index (χ1v) is 7.57. The topological polar surface area (TPSA) is 12.0 Å². The predicted molar refractivity (Wildman–Crippen MR) is 85.7 cm³/mol. The number of aryl methyl sites for hydroxylation is 2. The van der Waals surface area contributed by atoms with Crippen molar-refractivity contribution in [2.75, 3.05) is 13.1 Å². The van der Waals surface area contributed by atoms with Crippen LogP contribution in [0.2, 0.25) is 0 Å². The number of hydrogen-bond donors (Lipinski definition) is 1. The van der Waals surface area contributed by atoms with Crippen molar-refractivity contribution in [3.63, 3.8) is 0 Å². The molecule has 0 bridgehead atoms. The van der Waals surface area contributed by atoms with Crippen LogP contribution in [0.4, 0.5) is 0 Å². The van der Waals surface area contributed by atoms with Crippen molar-refractivity contribution in [3.05, 3.63) is 34.9 Å². The summed E-state index contributed by atoms with van der Waals surface area (Å²) in [7, 11) is 0. The summed E-state index contributed by atoms with van der Waals surface area (Å²) in [6.07, 6.45) is 2.40. The van der Waals surface area contributed by atoms with E-state index in [1.807, 2.05) is 0 Å². The Morgan fingerprint density at radius 1 is 1.16 bits per heavy atom. The Bertz CT molecular complexity index is 391. The smallest absolute Gasteiger partial charge is 0.00258 e. The van der Waals surface area contributed by atoms with E-state index in [1.54, 1.807) is 0 Å². The largest absolute Gasteiger partial charge is 0.316 e. The van der Waals surface area contributed by atoms with E-state index >= 15 is 0 Å². The van der Waals surface area contributed by atoms with Crippen LogP contribution in [0.5, 0.6) is 0 Å². The van der Waals surface area contributed by atoms with Gasteiger partial charge < -0.3 is 5.32 Å². The molecule has 19 heavy (non-hydrogen) atoms. The second-order valence-electron chi connectivity index (χ2n) is 7.12. The van der Waals surface area contributed by atoms with Crippen LogP contribution >= 0.6 is 0 Å². The van der Waals surface area contributed by atoms with Crippen molar-refractivity contribution >= 4 is 0 Å². The summed E-state index contributed by atoms with van der Waals surface area (Å²) < 4.78 is 0. The minimum atomic E-state index is 0.364. The molecule has 1 rings (SSSR count). The molecule has 0 heterocycles. The monoisotopic (exact) mass is 261 g/mol. The Kier molecular flexibility index (Phi) is 6.06. The molecule has 0 aliphatic heterocycles. The van der Waals surface area contributed by atoms with Crippen molar-refractivity contribution in [1.29, 1.82) is 0 Å². The quantitative estimate of drug-likeness (QED) is 0.712. The van der Waals surface area contributed by atoms with Gasteiger partial charge >= 0.3 is 0 Å². The van der Waals surface area contributed by atoms with Gasteiger partial charge in [-0.2, -0.15) is 0 Å². The number of benzene rings is 1. The fourth-order valence-electron chi connectivity index (χ4n) is 2.41. The van der Waals surface area contributed by atoms with Gasteiger partial charge in [0.15, 0.2) is 0 Å². The first kappa shape index (κ1) is 16.2. The molecule has 0 radical (unpaired) electrons. The highest BCUT2D eigenvalue weighted by Gasteiger charge is 2.19. The molecule has 0 saturated carbocycles. The lowest BCUT2D eigenvalue weighted by atomic mass is 9.81. The van der Waals surface area contributed by atoms with Crippen molar-refractivity contribution in [2.24, 2.45) is 11.3 Å². The van der Waals surface area contributed by atoms with E-state index in [0.29, 0.717) is 5.41 Å². The molecular weight excluding hydrogens is 230 g/mol. The Morgan fingerprint density at radius 3 is 2.47 bits per heavy atom. The lowest BCUT2D eigenvalue weighted by Gasteiger charge is -2.26. The SMILES string of the molecule is Cc1ccc(C)c(CC(C)(C)CCNCC(C)C)c1. The van der Waals surface area contributed by atoms with Crippen LogP contribution in [0.25, 0.3) is 0 Å². The number of rotatable bonds is 7. The molecule has 108 valence electrons. The average molecular weight is 261 g/mol. The first-order chi connectivity index (χ1) is 8.80. The van der Waals surface area contributed by atoms with Gasteiger partial charge in [-0.1, -0.05) is 51.5 Å². The van der Waals surface area contributed by atoms with Crippen LogP contribution in [0.3, 0.4) is 0 Å². The molecule has 0 spiro atoms. The predicted octanol–water partition coefficient (Wildman–Crippen LogP) is 4.51. The summed E-state index contributed by atoms with van der Waals surface area (Å²) in [5.74, 6) is 0.738. The normalized spacial score (nSPS) is 12.2. The average Bonchev–Trinajstić information content (AvgIpc) is 2.29. The summed E-state index contributed by atoms with van der Waals surface area (Å²) in [4.78, 5) is 0. The van der Waals surface area contributed by atoms with E-state index < -0.39 is 0 Å². The van der Waals surface area contributed by atoms with E-state index in [2.05, 4.69) is 65.1 Å². The maximum absolute atomic E-state index is 3.55. The Morgan fingerprint density at radius 2 is 1.84 bits per heavy atom. The molecule has 0 unspecified atom stereocenters. The van der Waals surface area contributed by atoms with Gasteiger partial charge in [0.05, 0.1) is 0 Å². The van der Waals surface area contributed by atoms with Crippen LogP contribution in [0.15, 0.2) is 18.2 Å². The molecule has 1 nitrogen and oxygen atoms in total. The Labute approximate surface area is 119 Å². The van der Waals surface area contributed by atoms with Gasteiger partial charge in [0, 0.05) is 0 Å². The molecule has 1 aromatic rings. The fraction of sp³-hybridized carbons (Fsp3) is 0.667. The molecule has 0 aliphatic rings. The molecule has 0 aliphatic carbocycles. The van der Waals surface area contributed by atoms with Crippen molar-refractivity contribution in [1.82, 2.24) is 5.32 Å². The standard InChI is InChI=1S/C18H31N/c1-14(2)13-19-10-9-18(5,6)12-17-11-15(3)7-8-16(17)4/h7-8,11,14,19H,9-10,12-13H2,1-6H3. The Balaban J connectivity index is 2.51. The highest BCUT2D eigenvalue weighted by molar-refractivity contribution is 5.31. The maximum atomic E-state index is 3.55. The van der Waals surface area contributed by atoms with E-state index in [4.69, 9.17) is 0 Å². The van der Waals surface area contributed by atoms with Crippen LogP contribution < -0.4 is 5.32 Å². The molecule has 0 amide bonds. The summed E-state index contributed by atoms with van der Waals surface area (Å²) in [6, 6.07) is 6.80. The third-order valence-electron chi connectivity index (χ3n) is 3.70. The molecule has 0 fully saturated rings. The van der Waals surface area contributed by atoms with Crippen molar-refractivity contribution in [3.8, 4) is 0 Å². The third kappa shape index (κ3) is 6.24. The van der Waals surface area contributed by atoms with Gasteiger partial charge in [-0.15, -0.1) is 0 Å². The van der Waals surface area contributed by atoms with Gasteiger partial charge in [-0.05, 0) is 62.2 Å². The lowest BCUT2D eigenvalue weighted by molar-refractivity contribution is 0.322. The summed E-state index contributed by atoms with van der Waals surface area (Å²) in [6.45, 7) is 15.9. The number of nitrogens with one attached hydrogen (secondary N) is 1. The zero-order chi connectivity index (χ0) is 14.5. The van der Waals surface area contributed by atoms with Crippen molar-refractivity contribution in [2.45, 2.75) is 54.4 Å². The maximum Gasteiger partial charge on any atom is -0.00258 e. The van der Waals surface area contributed by atoms with Crippen molar-refractivity contribution < 1.29 is 0 Å². The molecular formula is C18H31N. The van der Waals surface area contributed by atoms with E-state index in [9.17, 15) is 0 Å². The Hall–Kier alpha value is -0.820. The van der Waals surface area contributed by atoms with Crippen LogP contribution in [0.1, 0.15) is 50.8 Å². The minimum absolute atomic E-state index is 0.364. The molecule has 0 saturated heterocycles. The van der Waals surface area contributed by atoms with E-state index in [0.717, 1.165) is 19.0 Å². The van der Waals surface area contributed by atoms with Gasteiger partial charge in [-0.25, -0.2) is 0 Å². The van der Waals surface area contributed by atoms with E-state index in [-0.39, 0.29) is 0 Å². The fourth-order valence-corrected chi connectivity index (χ4v) is 2.41. The van der Waals surface area contributed by atoms with E-state index in [1.165, 1.54) is 29.5 Å². The number of hydrogen-bond acceptors (Lipinski definition) is 1. The second-order valence-corrected chi connectivity index (χ2v) is 7.12. The van der Waals surface area contributed by atoms with Crippen LogP contribution in [-0.2, 0) is 6.42 Å². The summed E-state index contributed by atoms with van der Waals surface area (Å²) in [5, 5.41) is 3.55. The van der Waals surface area contributed by atoms with Gasteiger partial charge in [0.25, 0.3) is 0 Å². The second kappa shape index (κ2) is 7.09. The molecule has 0 atom stereocenters. The van der Waals surface area contributed by atoms with Crippen LogP contribution in [0, 0.1) is 25.2 Å². The van der Waals surface area contributed by atoms with Gasteiger partial charge in [0.2, 0.25) is 0 Å². The molecule has 1 heteroatoms. The summed E-state index contributed by atoms with van der Waals surface area (Å²) >= 11 is 0. The zero-order valence-corrected chi connectivity index (χ0v) is 13.6. The molecule has 1 N–H and O–H groups in total.